The average Bonchev–Trinajstić information content (AvgIpc) is 3.22. The lowest BCUT2D eigenvalue weighted by Gasteiger charge is -2.29. The van der Waals surface area contributed by atoms with E-state index < -0.39 is 29.4 Å². The molecule has 2 aliphatic rings. The Balaban J connectivity index is 1.77. The van der Waals surface area contributed by atoms with Crippen LogP contribution < -0.4 is 5.32 Å². The molecule has 6 nitrogen and oxygen atoms in total. The van der Waals surface area contributed by atoms with Gasteiger partial charge in [0, 0.05) is 25.2 Å². The highest BCUT2D eigenvalue weighted by molar-refractivity contribution is 5.93. The number of aromatic nitrogens is 1. The molecule has 0 bridgehead atoms. The van der Waals surface area contributed by atoms with Gasteiger partial charge in [0.25, 0.3) is 12.3 Å². The second-order valence-electron chi connectivity index (χ2n) is 7.29. The van der Waals surface area contributed by atoms with Gasteiger partial charge in [-0.1, -0.05) is 12.5 Å². The summed E-state index contributed by atoms with van der Waals surface area (Å²) in [7, 11) is 0. The molecule has 0 atom stereocenters. The van der Waals surface area contributed by atoms with Crippen molar-refractivity contribution in [2.45, 2.75) is 58.5 Å². The minimum absolute atomic E-state index is 0.187. The molecule has 3 rings (SSSR count). The minimum atomic E-state index is -2.94. The molecule has 1 aliphatic heterocycles. The van der Waals surface area contributed by atoms with Crippen molar-refractivity contribution >= 4 is 5.91 Å². The van der Waals surface area contributed by atoms with Crippen LogP contribution in [0.25, 0.3) is 0 Å². The third-order valence-corrected chi connectivity index (χ3v) is 5.09. The van der Waals surface area contributed by atoms with Gasteiger partial charge in [0.2, 0.25) is 11.7 Å². The van der Waals surface area contributed by atoms with Crippen LogP contribution in [0.3, 0.4) is 0 Å². The maximum Gasteiger partial charge on any atom is 0.292 e. The van der Waals surface area contributed by atoms with Crippen molar-refractivity contribution in [1.29, 1.82) is 0 Å². The molecular weight excluding hydrogens is 356 g/mol. The van der Waals surface area contributed by atoms with E-state index in [2.05, 4.69) is 17.2 Å². The molecule has 148 valence electrons. The van der Waals surface area contributed by atoms with E-state index >= 15 is 0 Å². The van der Waals surface area contributed by atoms with Crippen LogP contribution in [-0.2, 0) is 5.60 Å². The van der Waals surface area contributed by atoms with Crippen LogP contribution in [0, 0.1) is 0 Å². The van der Waals surface area contributed by atoms with Crippen LogP contribution in [0.4, 0.5) is 8.78 Å². The highest BCUT2D eigenvalue weighted by Gasteiger charge is 2.48. The van der Waals surface area contributed by atoms with Crippen molar-refractivity contribution in [2.24, 2.45) is 0 Å². The molecule has 8 heteroatoms. The zero-order valence-corrected chi connectivity index (χ0v) is 15.8. The molecule has 1 aromatic heterocycles. The van der Waals surface area contributed by atoms with E-state index in [-0.39, 0.29) is 5.89 Å². The molecule has 1 aliphatic carbocycles. The summed E-state index contributed by atoms with van der Waals surface area (Å²) in [6, 6.07) is 0. The van der Waals surface area contributed by atoms with Gasteiger partial charge in [-0.3, -0.25) is 4.79 Å². The van der Waals surface area contributed by atoms with Crippen LogP contribution >= 0.6 is 0 Å². The number of nitrogens with zero attached hydrogens (tertiary/aromatic N) is 2. The van der Waals surface area contributed by atoms with Crippen molar-refractivity contribution < 1.29 is 23.1 Å². The largest absolute Gasteiger partial charge is 0.432 e. The maximum atomic E-state index is 13.3. The second kappa shape index (κ2) is 7.42. The molecule has 27 heavy (non-hydrogen) atoms. The van der Waals surface area contributed by atoms with Gasteiger partial charge in [0.05, 0.1) is 0 Å². The number of allylic oxidation sites excluding steroid dienone is 1. The van der Waals surface area contributed by atoms with Crippen molar-refractivity contribution in [3.63, 3.8) is 0 Å². The van der Waals surface area contributed by atoms with Crippen LogP contribution in [0.2, 0.25) is 0 Å². The summed E-state index contributed by atoms with van der Waals surface area (Å²) < 4.78 is 31.9. The Morgan fingerprint density at radius 3 is 2.74 bits per heavy atom. The molecule has 2 heterocycles. The molecule has 0 radical (unpaired) electrons. The Morgan fingerprint density at radius 1 is 1.48 bits per heavy atom. The highest BCUT2D eigenvalue weighted by atomic mass is 19.3. The number of amides is 1. The zero-order valence-electron chi connectivity index (χ0n) is 15.8. The number of alkyl halides is 2. The zero-order chi connectivity index (χ0) is 19.8. The van der Waals surface area contributed by atoms with E-state index in [1.165, 1.54) is 10.5 Å². The van der Waals surface area contributed by atoms with E-state index in [4.69, 9.17) is 4.42 Å². The Morgan fingerprint density at radius 2 is 2.19 bits per heavy atom. The third kappa shape index (κ3) is 4.05. The topological polar surface area (TPSA) is 78.6 Å². The van der Waals surface area contributed by atoms with Gasteiger partial charge in [0.1, 0.15) is 5.60 Å². The van der Waals surface area contributed by atoms with Crippen molar-refractivity contribution in [1.82, 2.24) is 15.2 Å². The van der Waals surface area contributed by atoms with Gasteiger partial charge < -0.3 is 19.7 Å². The summed E-state index contributed by atoms with van der Waals surface area (Å²) in [5, 5.41) is 13.3. The summed E-state index contributed by atoms with van der Waals surface area (Å²) in [4.78, 5) is 18.0. The van der Waals surface area contributed by atoms with Gasteiger partial charge in [0.15, 0.2) is 5.69 Å². The third-order valence-electron chi connectivity index (χ3n) is 5.09. The lowest BCUT2D eigenvalue weighted by Crippen LogP contribution is -2.38. The summed E-state index contributed by atoms with van der Waals surface area (Å²) >= 11 is 0. The van der Waals surface area contributed by atoms with E-state index in [9.17, 15) is 18.7 Å². The molecule has 2 N–H and O–H groups in total. The number of carbonyl (C=O) groups excluding carboxylic acids is 1. The molecule has 0 saturated heterocycles. The molecule has 0 spiro atoms. The van der Waals surface area contributed by atoms with Crippen LogP contribution in [0.5, 0.6) is 0 Å². The quantitative estimate of drug-likeness (QED) is 0.787. The lowest BCUT2D eigenvalue weighted by molar-refractivity contribution is 0.0697. The minimum Gasteiger partial charge on any atom is -0.432 e. The Kier molecular flexibility index (Phi) is 5.37. The van der Waals surface area contributed by atoms with Crippen LogP contribution in [0.1, 0.15) is 75.0 Å². The first-order valence-corrected chi connectivity index (χ1v) is 9.17. The summed E-state index contributed by atoms with van der Waals surface area (Å²) in [5.74, 6) is -1.27. The fourth-order valence-electron chi connectivity index (χ4n) is 2.91. The van der Waals surface area contributed by atoms with E-state index in [0.717, 1.165) is 17.7 Å². The summed E-state index contributed by atoms with van der Waals surface area (Å²) in [6.45, 7) is 6.72. The van der Waals surface area contributed by atoms with E-state index in [1.807, 2.05) is 20.0 Å². The number of aliphatic hydroxyl groups is 1. The van der Waals surface area contributed by atoms with Crippen LogP contribution in [0.15, 0.2) is 27.5 Å². The molecule has 1 fully saturated rings. The van der Waals surface area contributed by atoms with E-state index in [1.54, 1.807) is 0 Å². The lowest BCUT2D eigenvalue weighted by atomic mass is 10.1. The Hall–Kier alpha value is -2.22. The van der Waals surface area contributed by atoms with Gasteiger partial charge >= 0.3 is 0 Å². The predicted molar refractivity (Wildman–Crippen MR) is 95.0 cm³/mol. The first-order chi connectivity index (χ1) is 12.7. The SMILES string of the molecule is CCC(C)=CNC1=C(C)CN(C(=O)c2oc(C3(O)CC3)nc2C(F)F)CC1. The fourth-order valence-corrected chi connectivity index (χ4v) is 2.91. The standard InChI is InChI=1S/C19H25F2N3O3/c1-4-11(2)9-22-13-5-8-24(10-12(13)3)17(25)15-14(16(20)21)23-18(27-15)19(26)6-7-19/h9,16,22,26H,4-8,10H2,1-3H3. The molecule has 0 unspecified atom stereocenters. The number of rotatable bonds is 6. The first-order valence-electron chi connectivity index (χ1n) is 9.17. The number of hydrogen-bond donors (Lipinski definition) is 2. The molecule has 1 amide bonds. The average molecular weight is 381 g/mol. The number of hydrogen-bond acceptors (Lipinski definition) is 5. The Labute approximate surface area is 156 Å². The smallest absolute Gasteiger partial charge is 0.292 e. The molecular formula is C19H25F2N3O3. The van der Waals surface area contributed by atoms with Gasteiger partial charge in [-0.15, -0.1) is 0 Å². The van der Waals surface area contributed by atoms with E-state index in [0.29, 0.717) is 32.4 Å². The Bertz CT molecular complexity index is 794. The normalized spacial score (nSPS) is 19.7. The van der Waals surface area contributed by atoms with Crippen molar-refractivity contribution in [3.05, 3.63) is 40.4 Å². The van der Waals surface area contributed by atoms with Gasteiger partial charge in [-0.05, 0) is 44.9 Å². The molecule has 0 aromatic carbocycles. The maximum absolute atomic E-state index is 13.3. The van der Waals surface area contributed by atoms with Crippen molar-refractivity contribution in [2.75, 3.05) is 13.1 Å². The van der Waals surface area contributed by atoms with Gasteiger partial charge in [-0.2, -0.15) is 0 Å². The summed E-state index contributed by atoms with van der Waals surface area (Å²) in [6.07, 6.45) is 1.35. The first kappa shape index (κ1) is 19.5. The molecule has 1 aromatic rings. The molecule has 1 saturated carbocycles. The predicted octanol–water partition coefficient (Wildman–Crippen LogP) is 3.62. The monoisotopic (exact) mass is 381 g/mol. The van der Waals surface area contributed by atoms with Gasteiger partial charge in [-0.25, -0.2) is 13.8 Å². The second-order valence-corrected chi connectivity index (χ2v) is 7.29. The highest BCUT2D eigenvalue weighted by Crippen LogP contribution is 2.46. The summed E-state index contributed by atoms with van der Waals surface area (Å²) in [5.41, 5.74) is 1.21. The van der Waals surface area contributed by atoms with Crippen molar-refractivity contribution in [3.8, 4) is 0 Å². The number of carbonyl (C=O) groups is 1. The fraction of sp³-hybridized carbons (Fsp3) is 0.579. The number of nitrogens with one attached hydrogen (secondary N) is 1. The number of halogens is 2. The number of oxazole rings is 1. The van der Waals surface area contributed by atoms with Crippen LogP contribution in [-0.4, -0.2) is 34.0 Å².